The standard InChI is InChI=1S/C24H31FN6O/c1-5-32-19-12-10-18(11-13-19)22(23-26-27-28-31(23)24(2,3)4)30-16-14-29(15-17-30)21-9-7-6-8-20(21)25/h6-13,22H,5,14-17H2,1-4H3/t22-/m1/s1. The first-order valence-electron chi connectivity index (χ1n) is 11.1. The van der Waals surface area contributed by atoms with Crippen LogP contribution in [0.3, 0.4) is 0 Å². The van der Waals surface area contributed by atoms with Crippen molar-refractivity contribution in [3.63, 3.8) is 0 Å². The molecule has 8 heteroatoms. The van der Waals surface area contributed by atoms with Gasteiger partial charge in [0.1, 0.15) is 11.6 Å². The van der Waals surface area contributed by atoms with Crippen molar-refractivity contribution in [2.75, 3.05) is 37.7 Å². The number of hydrogen-bond donors (Lipinski definition) is 0. The minimum absolute atomic E-state index is 0.109. The molecule has 0 saturated carbocycles. The quantitative estimate of drug-likeness (QED) is 0.582. The zero-order valence-electron chi connectivity index (χ0n) is 19.2. The Balaban J connectivity index is 1.63. The van der Waals surface area contributed by atoms with E-state index in [2.05, 4.69) is 58.2 Å². The van der Waals surface area contributed by atoms with Crippen molar-refractivity contribution >= 4 is 5.69 Å². The average molecular weight is 439 g/mol. The monoisotopic (exact) mass is 438 g/mol. The highest BCUT2D eigenvalue weighted by Gasteiger charge is 2.33. The van der Waals surface area contributed by atoms with Gasteiger partial charge in [-0.25, -0.2) is 9.07 Å². The van der Waals surface area contributed by atoms with Gasteiger partial charge in [0.05, 0.1) is 23.9 Å². The number of rotatable bonds is 6. The van der Waals surface area contributed by atoms with E-state index in [9.17, 15) is 4.39 Å². The minimum Gasteiger partial charge on any atom is -0.494 e. The van der Waals surface area contributed by atoms with Crippen molar-refractivity contribution < 1.29 is 9.13 Å². The first-order valence-corrected chi connectivity index (χ1v) is 11.1. The van der Waals surface area contributed by atoms with E-state index in [1.54, 1.807) is 6.07 Å². The molecule has 7 nitrogen and oxygen atoms in total. The molecule has 32 heavy (non-hydrogen) atoms. The minimum atomic E-state index is -0.253. The van der Waals surface area contributed by atoms with Crippen molar-refractivity contribution in [2.24, 2.45) is 0 Å². The molecule has 1 fully saturated rings. The maximum atomic E-state index is 14.3. The van der Waals surface area contributed by atoms with Gasteiger partial charge in [-0.3, -0.25) is 4.90 Å². The van der Waals surface area contributed by atoms with Crippen LogP contribution >= 0.6 is 0 Å². The smallest absolute Gasteiger partial charge is 0.173 e. The summed E-state index contributed by atoms with van der Waals surface area (Å²) in [6.07, 6.45) is 0. The van der Waals surface area contributed by atoms with Gasteiger partial charge in [0.25, 0.3) is 0 Å². The first kappa shape index (κ1) is 22.2. The van der Waals surface area contributed by atoms with Crippen molar-refractivity contribution in [1.29, 1.82) is 0 Å². The van der Waals surface area contributed by atoms with Crippen LogP contribution < -0.4 is 9.64 Å². The molecule has 0 N–H and O–H groups in total. The lowest BCUT2D eigenvalue weighted by molar-refractivity contribution is 0.191. The molecular formula is C24H31FN6O. The maximum absolute atomic E-state index is 14.3. The highest BCUT2D eigenvalue weighted by molar-refractivity contribution is 5.48. The predicted molar refractivity (Wildman–Crippen MR) is 122 cm³/mol. The Morgan fingerprint density at radius 2 is 1.69 bits per heavy atom. The molecule has 1 atom stereocenters. The molecule has 4 rings (SSSR count). The average Bonchev–Trinajstić information content (AvgIpc) is 3.26. The summed E-state index contributed by atoms with van der Waals surface area (Å²) >= 11 is 0. The van der Waals surface area contributed by atoms with E-state index in [0.717, 1.165) is 43.3 Å². The molecule has 0 amide bonds. The third-order valence-electron chi connectivity index (χ3n) is 5.75. The van der Waals surface area contributed by atoms with Gasteiger partial charge < -0.3 is 9.64 Å². The van der Waals surface area contributed by atoms with Crippen LogP contribution in [0, 0.1) is 5.82 Å². The molecule has 0 unspecified atom stereocenters. The van der Waals surface area contributed by atoms with E-state index in [4.69, 9.17) is 4.74 Å². The van der Waals surface area contributed by atoms with Crippen LogP contribution in [0.4, 0.5) is 10.1 Å². The zero-order chi connectivity index (χ0) is 22.7. The molecule has 0 spiro atoms. The molecule has 0 aliphatic carbocycles. The van der Waals surface area contributed by atoms with Gasteiger partial charge in [-0.1, -0.05) is 24.3 Å². The number of halogens is 1. The molecular weight excluding hydrogens is 407 g/mol. The van der Waals surface area contributed by atoms with Crippen LogP contribution in [0.1, 0.15) is 45.1 Å². The number of ether oxygens (including phenoxy) is 1. The van der Waals surface area contributed by atoms with Crippen LogP contribution in [0.5, 0.6) is 5.75 Å². The summed E-state index contributed by atoms with van der Waals surface area (Å²) in [5.74, 6) is 1.47. The number of anilines is 1. The lowest BCUT2D eigenvalue weighted by atomic mass is 10.0. The van der Waals surface area contributed by atoms with Gasteiger partial charge in [0, 0.05) is 26.2 Å². The van der Waals surface area contributed by atoms with Crippen molar-refractivity contribution in [3.8, 4) is 5.75 Å². The van der Waals surface area contributed by atoms with Gasteiger partial charge in [-0.2, -0.15) is 0 Å². The Labute approximate surface area is 188 Å². The molecule has 1 aliphatic heterocycles. The van der Waals surface area contributed by atoms with Crippen LogP contribution in [-0.2, 0) is 5.54 Å². The number of benzene rings is 2. The van der Waals surface area contributed by atoms with Crippen LogP contribution in [0.25, 0.3) is 0 Å². The number of para-hydroxylation sites is 1. The number of aromatic nitrogens is 4. The number of piperazine rings is 1. The van der Waals surface area contributed by atoms with Crippen molar-refractivity contribution in [1.82, 2.24) is 25.1 Å². The highest BCUT2D eigenvalue weighted by Crippen LogP contribution is 2.32. The third kappa shape index (κ3) is 4.60. The lowest BCUT2D eigenvalue weighted by Crippen LogP contribution is -2.49. The molecule has 2 heterocycles. The summed E-state index contributed by atoms with van der Waals surface area (Å²) in [4.78, 5) is 4.48. The summed E-state index contributed by atoms with van der Waals surface area (Å²) in [6, 6.07) is 15.0. The van der Waals surface area contributed by atoms with Gasteiger partial charge in [0.2, 0.25) is 0 Å². The van der Waals surface area contributed by atoms with Gasteiger partial charge in [-0.05, 0) is 68.0 Å². The second-order valence-corrected chi connectivity index (χ2v) is 9.00. The Bertz CT molecular complexity index is 1020. The third-order valence-corrected chi connectivity index (χ3v) is 5.75. The van der Waals surface area contributed by atoms with Crippen LogP contribution in [-0.4, -0.2) is 57.9 Å². The Kier molecular flexibility index (Phi) is 6.41. The SMILES string of the molecule is CCOc1ccc([C@H](c2nnnn2C(C)(C)C)N2CCN(c3ccccc3F)CC2)cc1. The van der Waals surface area contributed by atoms with Crippen LogP contribution in [0.2, 0.25) is 0 Å². The topological polar surface area (TPSA) is 59.3 Å². The molecule has 1 aliphatic rings. The molecule has 170 valence electrons. The van der Waals surface area contributed by atoms with Gasteiger partial charge >= 0.3 is 0 Å². The Hall–Kier alpha value is -3.00. The van der Waals surface area contributed by atoms with Gasteiger partial charge in [-0.15, -0.1) is 5.10 Å². The van der Waals surface area contributed by atoms with E-state index in [0.29, 0.717) is 12.3 Å². The Morgan fingerprint density at radius 1 is 1.00 bits per heavy atom. The molecule has 1 aromatic heterocycles. The van der Waals surface area contributed by atoms with E-state index in [1.807, 2.05) is 35.9 Å². The number of nitrogens with zero attached hydrogens (tertiary/aromatic N) is 6. The molecule has 0 radical (unpaired) electrons. The molecule has 0 bridgehead atoms. The zero-order valence-corrected chi connectivity index (χ0v) is 19.2. The fourth-order valence-electron chi connectivity index (χ4n) is 4.21. The van der Waals surface area contributed by atoms with E-state index < -0.39 is 0 Å². The fraction of sp³-hybridized carbons (Fsp3) is 0.458. The van der Waals surface area contributed by atoms with Gasteiger partial charge in [0.15, 0.2) is 5.82 Å². The van der Waals surface area contributed by atoms with Crippen molar-refractivity contribution in [2.45, 2.75) is 39.3 Å². The Morgan fingerprint density at radius 3 is 2.31 bits per heavy atom. The summed E-state index contributed by atoms with van der Waals surface area (Å²) in [5, 5.41) is 12.7. The summed E-state index contributed by atoms with van der Waals surface area (Å²) in [6.45, 7) is 11.9. The normalized spacial score (nSPS) is 16.2. The summed E-state index contributed by atoms with van der Waals surface area (Å²) in [5.41, 5.74) is 1.51. The summed E-state index contributed by atoms with van der Waals surface area (Å²) < 4.78 is 21.8. The van der Waals surface area contributed by atoms with E-state index >= 15 is 0 Å². The second kappa shape index (κ2) is 9.24. The summed E-state index contributed by atoms with van der Waals surface area (Å²) in [7, 11) is 0. The van der Waals surface area contributed by atoms with E-state index in [-0.39, 0.29) is 17.4 Å². The fourth-order valence-corrected chi connectivity index (χ4v) is 4.21. The van der Waals surface area contributed by atoms with Crippen molar-refractivity contribution in [3.05, 3.63) is 65.7 Å². The second-order valence-electron chi connectivity index (χ2n) is 9.00. The van der Waals surface area contributed by atoms with Crippen LogP contribution in [0.15, 0.2) is 48.5 Å². The number of hydrogen-bond acceptors (Lipinski definition) is 6. The lowest BCUT2D eigenvalue weighted by Gasteiger charge is -2.40. The maximum Gasteiger partial charge on any atom is 0.173 e. The molecule has 1 saturated heterocycles. The predicted octanol–water partition coefficient (Wildman–Crippen LogP) is 3.88. The molecule has 3 aromatic rings. The first-order chi connectivity index (χ1) is 15.4. The van der Waals surface area contributed by atoms with E-state index in [1.165, 1.54) is 6.07 Å². The highest BCUT2D eigenvalue weighted by atomic mass is 19.1. The molecule has 2 aromatic carbocycles. The largest absolute Gasteiger partial charge is 0.494 e. The number of tetrazole rings is 1.